The molecule has 0 spiro atoms. The highest BCUT2D eigenvalue weighted by Crippen LogP contribution is 2.21. The van der Waals surface area contributed by atoms with Gasteiger partial charge in [-0.15, -0.1) is 0 Å². The summed E-state index contributed by atoms with van der Waals surface area (Å²) in [6.45, 7) is 3.15. The van der Waals surface area contributed by atoms with Gasteiger partial charge in [-0.25, -0.2) is 8.42 Å². The molecule has 1 heterocycles. The van der Waals surface area contributed by atoms with Gasteiger partial charge in [0.1, 0.15) is 15.7 Å². The molecule has 0 unspecified atom stereocenters. The maximum absolute atomic E-state index is 11.2. The zero-order valence-electron chi connectivity index (χ0n) is 11.7. The van der Waals surface area contributed by atoms with Crippen LogP contribution in [-0.2, 0) is 23.4 Å². The second-order valence-corrected chi connectivity index (χ2v) is 6.85. The first-order valence-electron chi connectivity index (χ1n) is 5.82. The lowest BCUT2D eigenvalue weighted by Gasteiger charge is -2.20. The first-order valence-corrected chi connectivity index (χ1v) is 7.88. The molecule has 0 amide bonds. The summed E-state index contributed by atoms with van der Waals surface area (Å²) in [6, 6.07) is 0. The fourth-order valence-corrected chi connectivity index (χ4v) is 2.57. The maximum atomic E-state index is 11.2. The molecule has 0 saturated heterocycles. The van der Waals surface area contributed by atoms with Crippen LogP contribution < -0.4 is 10.2 Å². The van der Waals surface area contributed by atoms with Crippen molar-refractivity contribution in [2.24, 2.45) is 7.05 Å². The molecular weight excluding hydrogens is 252 g/mol. The molecule has 0 fully saturated rings. The van der Waals surface area contributed by atoms with Crippen molar-refractivity contribution in [2.75, 3.05) is 37.5 Å². The van der Waals surface area contributed by atoms with E-state index in [0.29, 0.717) is 6.54 Å². The van der Waals surface area contributed by atoms with Gasteiger partial charge >= 0.3 is 0 Å². The second-order valence-electron chi connectivity index (χ2n) is 4.59. The monoisotopic (exact) mass is 274 g/mol. The van der Waals surface area contributed by atoms with Crippen LogP contribution in [0.5, 0.6) is 0 Å². The average Bonchev–Trinajstić information content (AvgIpc) is 2.50. The van der Waals surface area contributed by atoms with E-state index in [1.807, 2.05) is 33.0 Å². The molecule has 1 N–H and O–H groups in total. The molecule has 0 atom stereocenters. The Morgan fingerprint density at radius 2 is 2.06 bits per heavy atom. The zero-order valence-corrected chi connectivity index (χ0v) is 12.5. The fourth-order valence-electron chi connectivity index (χ4n) is 1.96. The lowest BCUT2D eigenvalue weighted by Crippen LogP contribution is -2.28. The molecule has 0 bridgehead atoms. The number of aryl methyl sites for hydroxylation is 2. The van der Waals surface area contributed by atoms with Crippen molar-refractivity contribution in [1.82, 2.24) is 15.1 Å². The minimum Gasteiger partial charge on any atom is -0.359 e. The van der Waals surface area contributed by atoms with Gasteiger partial charge in [-0.3, -0.25) is 4.68 Å². The van der Waals surface area contributed by atoms with E-state index in [2.05, 4.69) is 10.4 Å². The van der Waals surface area contributed by atoms with Crippen LogP contribution in [-0.4, -0.2) is 50.8 Å². The Morgan fingerprint density at radius 1 is 1.44 bits per heavy atom. The molecular formula is C11H22N4O2S. The van der Waals surface area contributed by atoms with E-state index in [-0.39, 0.29) is 5.75 Å². The first-order chi connectivity index (χ1) is 8.26. The molecule has 104 valence electrons. The molecule has 1 rings (SSSR count). The highest BCUT2D eigenvalue weighted by atomic mass is 32.2. The molecule has 0 aromatic carbocycles. The van der Waals surface area contributed by atoms with Crippen LogP contribution in [0.2, 0.25) is 0 Å². The third-order valence-electron chi connectivity index (χ3n) is 2.83. The molecule has 0 aliphatic heterocycles. The highest BCUT2D eigenvalue weighted by molar-refractivity contribution is 7.90. The smallest absolute Gasteiger partial charge is 0.149 e. The van der Waals surface area contributed by atoms with E-state index in [9.17, 15) is 8.42 Å². The fraction of sp³-hybridized carbons (Fsp3) is 0.727. The van der Waals surface area contributed by atoms with Crippen LogP contribution in [0.15, 0.2) is 0 Å². The number of aromatic nitrogens is 2. The minimum absolute atomic E-state index is 0.146. The van der Waals surface area contributed by atoms with E-state index < -0.39 is 9.84 Å². The Hall–Kier alpha value is -1.08. The lowest BCUT2D eigenvalue weighted by molar-refractivity contribution is 0.600. The summed E-state index contributed by atoms with van der Waals surface area (Å²) >= 11 is 0. The number of hydrogen-bond acceptors (Lipinski definition) is 5. The minimum atomic E-state index is -2.95. The SMILES string of the molecule is CNCc1c(C)nn(C)c1N(C)CCS(C)(=O)=O. The van der Waals surface area contributed by atoms with Crippen LogP contribution in [0, 0.1) is 6.92 Å². The van der Waals surface area contributed by atoms with E-state index in [1.54, 1.807) is 4.68 Å². The molecule has 1 aromatic heterocycles. The number of hydrogen-bond donors (Lipinski definition) is 1. The number of anilines is 1. The Kier molecular flexibility index (Phi) is 4.75. The third kappa shape index (κ3) is 3.71. The van der Waals surface area contributed by atoms with Gasteiger partial charge in [0, 0.05) is 39.0 Å². The van der Waals surface area contributed by atoms with Crippen molar-refractivity contribution in [2.45, 2.75) is 13.5 Å². The third-order valence-corrected chi connectivity index (χ3v) is 3.75. The van der Waals surface area contributed by atoms with Gasteiger partial charge in [0.05, 0.1) is 11.4 Å². The van der Waals surface area contributed by atoms with Gasteiger partial charge in [0.25, 0.3) is 0 Å². The van der Waals surface area contributed by atoms with Crippen molar-refractivity contribution < 1.29 is 8.42 Å². The summed E-state index contributed by atoms with van der Waals surface area (Å²) in [5, 5.41) is 7.49. The van der Waals surface area contributed by atoms with E-state index >= 15 is 0 Å². The Labute approximate surface area is 109 Å². The van der Waals surface area contributed by atoms with Crippen molar-refractivity contribution in [3.63, 3.8) is 0 Å². The standard InChI is InChI=1S/C11H22N4O2S/c1-9-10(8-12-2)11(15(4)13-9)14(3)6-7-18(5,16)17/h12H,6-8H2,1-5H3. The number of nitrogens with zero attached hydrogens (tertiary/aromatic N) is 3. The van der Waals surface area contributed by atoms with Gasteiger partial charge in [0.2, 0.25) is 0 Å². The summed E-state index contributed by atoms with van der Waals surface area (Å²) in [5.74, 6) is 1.11. The van der Waals surface area contributed by atoms with Crippen molar-refractivity contribution >= 4 is 15.7 Å². The first kappa shape index (κ1) is 15.0. The van der Waals surface area contributed by atoms with Crippen LogP contribution in [0.1, 0.15) is 11.3 Å². The van der Waals surface area contributed by atoms with Gasteiger partial charge < -0.3 is 10.2 Å². The number of sulfone groups is 1. The molecule has 0 radical (unpaired) electrons. The van der Waals surface area contributed by atoms with Crippen molar-refractivity contribution in [3.8, 4) is 0 Å². The molecule has 0 saturated carbocycles. The topological polar surface area (TPSA) is 67.2 Å². The molecule has 0 aliphatic rings. The predicted molar refractivity (Wildman–Crippen MR) is 73.7 cm³/mol. The van der Waals surface area contributed by atoms with E-state index in [1.165, 1.54) is 6.26 Å². The zero-order chi connectivity index (χ0) is 13.9. The van der Waals surface area contributed by atoms with Gasteiger partial charge in [-0.05, 0) is 14.0 Å². The predicted octanol–water partition coefficient (Wildman–Crippen LogP) is -0.0713. The normalized spacial score (nSPS) is 11.8. The van der Waals surface area contributed by atoms with Crippen LogP contribution in [0.4, 0.5) is 5.82 Å². The summed E-state index contributed by atoms with van der Waals surface area (Å²) < 4.78 is 24.2. The Bertz CT molecular complexity index is 507. The second kappa shape index (κ2) is 5.71. The molecule has 6 nitrogen and oxygen atoms in total. The number of nitrogens with one attached hydrogen (secondary N) is 1. The Morgan fingerprint density at radius 3 is 2.56 bits per heavy atom. The summed E-state index contributed by atoms with van der Waals surface area (Å²) in [6.07, 6.45) is 1.25. The summed E-state index contributed by atoms with van der Waals surface area (Å²) in [4.78, 5) is 1.94. The molecule has 0 aliphatic carbocycles. The molecule has 18 heavy (non-hydrogen) atoms. The van der Waals surface area contributed by atoms with Gasteiger partial charge in [0.15, 0.2) is 0 Å². The van der Waals surface area contributed by atoms with Crippen LogP contribution >= 0.6 is 0 Å². The maximum Gasteiger partial charge on any atom is 0.149 e. The van der Waals surface area contributed by atoms with Crippen LogP contribution in [0.25, 0.3) is 0 Å². The number of rotatable bonds is 6. The molecule has 1 aromatic rings. The summed E-state index contributed by atoms with van der Waals surface area (Å²) in [7, 11) is 2.70. The molecule has 7 heteroatoms. The van der Waals surface area contributed by atoms with Crippen molar-refractivity contribution in [1.29, 1.82) is 0 Å². The Balaban J connectivity index is 2.94. The van der Waals surface area contributed by atoms with Gasteiger partial charge in [-0.1, -0.05) is 0 Å². The lowest BCUT2D eigenvalue weighted by atomic mass is 10.2. The van der Waals surface area contributed by atoms with E-state index in [0.717, 1.165) is 23.6 Å². The van der Waals surface area contributed by atoms with E-state index in [4.69, 9.17) is 0 Å². The highest BCUT2D eigenvalue weighted by Gasteiger charge is 2.17. The summed E-state index contributed by atoms with van der Waals surface area (Å²) in [5.41, 5.74) is 2.07. The average molecular weight is 274 g/mol. The van der Waals surface area contributed by atoms with Crippen LogP contribution in [0.3, 0.4) is 0 Å². The van der Waals surface area contributed by atoms with Crippen molar-refractivity contribution in [3.05, 3.63) is 11.3 Å². The quantitative estimate of drug-likeness (QED) is 0.786. The van der Waals surface area contributed by atoms with Gasteiger partial charge in [-0.2, -0.15) is 5.10 Å². The largest absolute Gasteiger partial charge is 0.359 e.